The molecule has 0 unspecified atom stereocenters. The monoisotopic (exact) mass is 378 g/mol. The highest BCUT2D eigenvalue weighted by Gasteiger charge is 2.24. The van der Waals surface area contributed by atoms with Crippen LogP contribution in [0.4, 0.5) is 5.69 Å². The largest absolute Gasteiger partial charge is 0.496 e. The lowest BCUT2D eigenvalue weighted by Gasteiger charge is -2.21. The molecule has 2 amide bonds. The van der Waals surface area contributed by atoms with Gasteiger partial charge in [0.15, 0.2) is 11.5 Å². The molecule has 0 radical (unpaired) electrons. The van der Waals surface area contributed by atoms with Crippen LogP contribution in [0.15, 0.2) is 48.2 Å². The molecular weight excluding hydrogens is 356 g/mol. The lowest BCUT2D eigenvalue weighted by atomic mass is 10.1. The molecule has 2 aromatic rings. The quantitative estimate of drug-likeness (QED) is 0.795. The summed E-state index contributed by atoms with van der Waals surface area (Å²) in [7, 11) is 1.58. The van der Waals surface area contributed by atoms with E-state index in [0.29, 0.717) is 22.7 Å². The zero-order chi connectivity index (χ0) is 19.5. The highest BCUT2D eigenvalue weighted by atomic mass is 16.5. The van der Waals surface area contributed by atoms with Gasteiger partial charge in [0.2, 0.25) is 0 Å². The van der Waals surface area contributed by atoms with Crippen LogP contribution in [0, 0.1) is 0 Å². The van der Waals surface area contributed by atoms with E-state index >= 15 is 0 Å². The molecule has 4 rings (SSSR count). The fraction of sp³-hybridized carbons (Fsp3) is 0.273. The van der Waals surface area contributed by atoms with Crippen molar-refractivity contribution in [2.24, 2.45) is 0 Å². The molecule has 0 bridgehead atoms. The number of nitrogens with one attached hydrogen (secondary N) is 2. The zero-order valence-corrected chi connectivity index (χ0v) is 15.7. The van der Waals surface area contributed by atoms with E-state index in [1.165, 1.54) is 0 Å². The number of rotatable bonds is 4. The minimum Gasteiger partial charge on any atom is -0.496 e. The zero-order valence-electron chi connectivity index (χ0n) is 15.7. The van der Waals surface area contributed by atoms with E-state index in [-0.39, 0.29) is 23.6 Å². The number of hydrogen-bond donors (Lipinski definition) is 2. The average molecular weight is 378 g/mol. The third-order valence-electron chi connectivity index (χ3n) is 5.05. The van der Waals surface area contributed by atoms with Crippen molar-refractivity contribution in [3.05, 3.63) is 59.4 Å². The Morgan fingerprint density at radius 2 is 2.00 bits per heavy atom. The summed E-state index contributed by atoms with van der Waals surface area (Å²) in [5.41, 5.74) is 1.74. The van der Waals surface area contributed by atoms with Crippen LogP contribution >= 0.6 is 0 Å². The Labute approximate surface area is 163 Å². The number of amides is 2. The van der Waals surface area contributed by atoms with Crippen LogP contribution in [0.25, 0.3) is 6.08 Å². The minimum absolute atomic E-state index is 0.126. The summed E-state index contributed by atoms with van der Waals surface area (Å²) in [5.74, 6) is 0.820. The molecule has 0 atom stereocenters. The number of ether oxygens (including phenoxy) is 2. The third kappa shape index (κ3) is 3.71. The predicted molar refractivity (Wildman–Crippen MR) is 106 cm³/mol. The number of anilines is 1. The van der Waals surface area contributed by atoms with E-state index in [1.54, 1.807) is 31.4 Å². The van der Waals surface area contributed by atoms with E-state index in [1.807, 2.05) is 24.3 Å². The van der Waals surface area contributed by atoms with Crippen LogP contribution in [0.5, 0.6) is 11.5 Å². The summed E-state index contributed by atoms with van der Waals surface area (Å²) >= 11 is 0. The molecule has 2 aromatic carbocycles. The van der Waals surface area contributed by atoms with Crippen molar-refractivity contribution in [1.82, 2.24) is 5.32 Å². The number of hydrogen-bond acceptors (Lipinski definition) is 4. The van der Waals surface area contributed by atoms with Crippen molar-refractivity contribution in [2.75, 3.05) is 12.4 Å². The molecular formula is C22H22N2O4. The minimum atomic E-state index is -0.369. The van der Waals surface area contributed by atoms with Gasteiger partial charge in [-0.3, -0.25) is 9.59 Å². The van der Waals surface area contributed by atoms with Crippen LogP contribution in [0.3, 0.4) is 0 Å². The third-order valence-corrected chi connectivity index (χ3v) is 5.05. The van der Waals surface area contributed by atoms with Crippen molar-refractivity contribution in [3.63, 3.8) is 0 Å². The lowest BCUT2D eigenvalue weighted by molar-refractivity contribution is -0.115. The van der Waals surface area contributed by atoms with Gasteiger partial charge in [-0.2, -0.15) is 0 Å². The highest BCUT2D eigenvalue weighted by molar-refractivity contribution is 6.09. The second-order valence-electron chi connectivity index (χ2n) is 6.97. The Balaban J connectivity index is 1.55. The number of para-hydroxylation sites is 1. The molecule has 1 aliphatic carbocycles. The first-order chi connectivity index (χ1) is 13.6. The van der Waals surface area contributed by atoms with Gasteiger partial charge in [-0.15, -0.1) is 0 Å². The smallest absolute Gasteiger partial charge is 0.291 e. The number of benzene rings is 2. The molecule has 0 saturated heterocycles. The molecule has 1 aliphatic heterocycles. The van der Waals surface area contributed by atoms with E-state index in [4.69, 9.17) is 9.47 Å². The number of carbonyl (C=O) groups excluding carboxylic acids is 2. The van der Waals surface area contributed by atoms with Gasteiger partial charge in [0, 0.05) is 17.2 Å². The van der Waals surface area contributed by atoms with Gasteiger partial charge < -0.3 is 20.1 Å². The standard InChI is InChI=1S/C22H22N2O4/c1-27-18-9-5-2-6-14(18)13-20-22(26)24-17-12-15(10-11-19(17)28-20)21(25)23-16-7-3-4-8-16/h2,5-6,9-13,16H,3-4,7-8H2,1H3,(H,23,25)(H,24,26)/b20-13-. The molecule has 2 aliphatic rings. The summed E-state index contributed by atoms with van der Waals surface area (Å²) in [5, 5.41) is 5.85. The van der Waals surface area contributed by atoms with Gasteiger partial charge >= 0.3 is 0 Å². The van der Waals surface area contributed by atoms with Crippen molar-refractivity contribution < 1.29 is 19.1 Å². The van der Waals surface area contributed by atoms with Crippen LogP contribution in [-0.4, -0.2) is 25.0 Å². The molecule has 2 N–H and O–H groups in total. The normalized spacial score (nSPS) is 17.6. The Morgan fingerprint density at radius 3 is 2.79 bits per heavy atom. The first-order valence-corrected chi connectivity index (χ1v) is 9.43. The Hall–Kier alpha value is -3.28. The maximum atomic E-state index is 12.5. The Morgan fingerprint density at radius 1 is 1.21 bits per heavy atom. The SMILES string of the molecule is COc1ccccc1/C=C1\Oc2ccc(C(=O)NC3CCCC3)cc2NC1=O. The first kappa shape index (κ1) is 18.1. The van der Waals surface area contributed by atoms with Gasteiger partial charge in [0.25, 0.3) is 11.8 Å². The van der Waals surface area contributed by atoms with Gasteiger partial charge in [-0.25, -0.2) is 0 Å². The summed E-state index contributed by atoms with van der Waals surface area (Å²) in [4.78, 5) is 24.9. The summed E-state index contributed by atoms with van der Waals surface area (Å²) in [6, 6.07) is 12.7. The van der Waals surface area contributed by atoms with E-state index in [9.17, 15) is 9.59 Å². The molecule has 1 fully saturated rings. The fourth-order valence-electron chi connectivity index (χ4n) is 3.57. The van der Waals surface area contributed by atoms with Gasteiger partial charge in [0.1, 0.15) is 5.75 Å². The van der Waals surface area contributed by atoms with Crippen LogP contribution in [0.2, 0.25) is 0 Å². The predicted octanol–water partition coefficient (Wildman–Crippen LogP) is 3.74. The molecule has 6 nitrogen and oxygen atoms in total. The molecule has 1 saturated carbocycles. The molecule has 144 valence electrons. The highest BCUT2D eigenvalue weighted by Crippen LogP contribution is 2.33. The molecule has 0 aromatic heterocycles. The van der Waals surface area contributed by atoms with E-state index in [0.717, 1.165) is 31.2 Å². The Kier molecular flexibility index (Phi) is 5.02. The fourth-order valence-corrected chi connectivity index (χ4v) is 3.57. The summed E-state index contributed by atoms with van der Waals surface area (Å²) < 4.78 is 11.1. The second kappa shape index (κ2) is 7.76. The van der Waals surface area contributed by atoms with Crippen molar-refractivity contribution >= 4 is 23.6 Å². The molecule has 1 heterocycles. The van der Waals surface area contributed by atoms with Crippen molar-refractivity contribution in [3.8, 4) is 11.5 Å². The van der Waals surface area contributed by atoms with Crippen LogP contribution in [-0.2, 0) is 4.79 Å². The van der Waals surface area contributed by atoms with E-state index in [2.05, 4.69) is 10.6 Å². The number of fused-ring (bicyclic) bond motifs is 1. The molecule has 6 heteroatoms. The molecule has 0 spiro atoms. The van der Waals surface area contributed by atoms with E-state index < -0.39 is 0 Å². The van der Waals surface area contributed by atoms with Crippen LogP contribution < -0.4 is 20.1 Å². The van der Waals surface area contributed by atoms with Gasteiger partial charge in [0.05, 0.1) is 12.8 Å². The Bertz CT molecular complexity index is 945. The maximum Gasteiger partial charge on any atom is 0.291 e. The lowest BCUT2D eigenvalue weighted by Crippen LogP contribution is -2.32. The average Bonchev–Trinajstić information content (AvgIpc) is 3.21. The summed E-state index contributed by atoms with van der Waals surface area (Å²) in [6.45, 7) is 0. The number of carbonyl (C=O) groups is 2. The van der Waals surface area contributed by atoms with Gasteiger partial charge in [-0.05, 0) is 43.2 Å². The number of methoxy groups -OCH3 is 1. The summed E-state index contributed by atoms with van der Waals surface area (Å²) in [6.07, 6.45) is 5.99. The van der Waals surface area contributed by atoms with Crippen molar-refractivity contribution in [1.29, 1.82) is 0 Å². The first-order valence-electron chi connectivity index (χ1n) is 9.43. The van der Waals surface area contributed by atoms with Crippen molar-refractivity contribution in [2.45, 2.75) is 31.7 Å². The van der Waals surface area contributed by atoms with Crippen LogP contribution in [0.1, 0.15) is 41.6 Å². The molecule has 28 heavy (non-hydrogen) atoms. The topological polar surface area (TPSA) is 76.7 Å². The van der Waals surface area contributed by atoms with Gasteiger partial charge in [-0.1, -0.05) is 31.0 Å². The maximum absolute atomic E-state index is 12.5. The second-order valence-corrected chi connectivity index (χ2v) is 6.97.